The third-order valence-corrected chi connectivity index (χ3v) is 2.46. The Hall–Kier alpha value is -1.15. The van der Waals surface area contributed by atoms with E-state index in [-0.39, 0.29) is 5.78 Å². The first-order chi connectivity index (χ1) is 7.15. The van der Waals surface area contributed by atoms with E-state index >= 15 is 0 Å². The van der Waals surface area contributed by atoms with Gasteiger partial charge in [-0.3, -0.25) is 9.69 Å². The molecule has 0 saturated carbocycles. The second kappa shape index (κ2) is 5.66. The number of aryl methyl sites for hydroxylation is 1. The summed E-state index contributed by atoms with van der Waals surface area (Å²) in [5, 5.41) is 0. The van der Waals surface area contributed by atoms with Gasteiger partial charge in [-0.05, 0) is 32.5 Å². The highest BCUT2D eigenvalue weighted by Gasteiger charge is 2.10. The van der Waals surface area contributed by atoms with Crippen LogP contribution in [0.4, 0.5) is 0 Å². The second-order valence-electron chi connectivity index (χ2n) is 3.98. The second-order valence-corrected chi connectivity index (χ2v) is 3.98. The minimum Gasteiger partial charge on any atom is -0.299 e. The van der Waals surface area contributed by atoms with E-state index in [4.69, 9.17) is 0 Å². The van der Waals surface area contributed by atoms with Crippen molar-refractivity contribution >= 4 is 5.78 Å². The maximum absolute atomic E-state index is 11.9. The molecule has 1 rings (SSSR count). The first-order valence-electron chi connectivity index (χ1n) is 5.42. The van der Waals surface area contributed by atoms with Crippen molar-refractivity contribution in [1.29, 1.82) is 0 Å². The molecule has 82 valence electrons. The minimum absolute atomic E-state index is 0.212. The third-order valence-electron chi connectivity index (χ3n) is 2.46. The molecule has 0 aliphatic carbocycles. The molecule has 0 bridgehead atoms. The highest BCUT2D eigenvalue weighted by atomic mass is 16.1. The first kappa shape index (κ1) is 11.9. The Kier molecular flexibility index (Phi) is 4.50. The molecule has 0 N–H and O–H groups in total. The Labute approximate surface area is 91.9 Å². The van der Waals surface area contributed by atoms with E-state index in [2.05, 4.69) is 11.8 Å². The molecule has 2 heteroatoms. The fourth-order valence-electron chi connectivity index (χ4n) is 1.68. The largest absolute Gasteiger partial charge is 0.299 e. The molecule has 0 atom stereocenters. The van der Waals surface area contributed by atoms with Crippen molar-refractivity contribution in [1.82, 2.24) is 4.90 Å². The van der Waals surface area contributed by atoms with Crippen LogP contribution in [-0.4, -0.2) is 30.8 Å². The molecule has 1 aromatic rings. The number of rotatable bonds is 5. The molecule has 0 aliphatic heterocycles. The average molecular weight is 205 g/mol. The van der Waals surface area contributed by atoms with E-state index in [0.29, 0.717) is 6.54 Å². The van der Waals surface area contributed by atoms with Crippen LogP contribution in [0.3, 0.4) is 0 Å². The molecule has 0 saturated heterocycles. The number of likely N-dealkylation sites (N-methyl/N-ethyl adjacent to an activating group) is 1. The number of carbonyl (C=O) groups is 1. The van der Waals surface area contributed by atoms with Crippen molar-refractivity contribution in [3.05, 3.63) is 35.4 Å². The molecule has 0 amide bonds. The van der Waals surface area contributed by atoms with Crippen LogP contribution < -0.4 is 0 Å². The van der Waals surface area contributed by atoms with Gasteiger partial charge in [0.15, 0.2) is 5.78 Å². The Balaban J connectivity index is 2.65. The smallest absolute Gasteiger partial charge is 0.177 e. The Bertz CT molecular complexity index is 333. The highest BCUT2D eigenvalue weighted by molar-refractivity contribution is 5.98. The van der Waals surface area contributed by atoms with Crippen LogP contribution in [-0.2, 0) is 0 Å². The van der Waals surface area contributed by atoms with Crippen LogP contribution in [0.1, 0.15) is 29.3 Å². The van der Waals surface area contributed by atoms with E-state index in [0.717, 1.165) is 24.1 Å². The number of nitrogens with zero attached hydrogens (tertiary/aromatic N) is 1. The molecule has 0 radical (unpaired) electrons. The lowest BCUT2D eigenvalue weighted by atomic mass is 10.0. The molecular weight excluding hydrogens is 186 g/mol. The van der Waals surface area contributed by atoms with Crippen LogP contribution in [0, 0.1) is 6.92 Å². The zero-order valence-electron chi connectivity index (χ0n) is 9.79. The minimum atomic E-state index is 0.212. The predicted molar refractivity (Wildman–Crippen MR) is 63.3 cm³/mol. The van der Waals surface area contributed by atoms with Crippen molar-refractivity contribution in [2.24, 2.45) is 0 Å². The van der Waals surface area contributed by atoms with Crippen molar-refractivity contribution < 1.29 is 4.79 Å². The van der Waals surface area contributed by atoms with Crippen molar-refractivity contribution in [3.63, 3.8) is 0 Å². The van der Waals surface area contributed by atoms with Crippen molar-refractivity contribution in [2.45, 2.75) is 20.3 Å². The van der Waals surface area contributed by atoms with Gasteiger partial charge in [-0.1, -0.05) is 31.2 Å². The van der Waals surface area contributed by atoms with Crippen LogP contribution in [0.5, 0.6) is 0 Å². The van der Waals surface area contributed by atoms with Gasteiger partial charge in [0.1, 0.15) is 0 Å². The number of carbonyl (C=O) groups excluding carboxylic acids is 1. The number of Topliss-reactive ketones (excluding diaryl/α,β-unsaturated/α-hetero) is 1. The Morgan fingerprint density at radius 1 is 1.33 bits per heavy atom. The van der Waals surface area contributed by atoms with Gasteiger partial charge in [0.25, 0.3) is 0 Å². The Morgan fingerprint density at radius 2 is 2.00 bits per heavy atom. The molecule has 0 aliphatic rings. The molecule has 1 aromatic carbocycles. The topological polar surface area (TPSA) is 20.3 Å². The summed E-state index contributed by atoms with van der Waals surface area (Å²) in [6, 6.07) is 7.76. The van der Waals surface area contributed by atoms with Crippen LogP contribution in [0.2, 0.25) is 0 Å². The molecule has 0 spiro atoms. The summed E-state index contributed by atoms with van der Waals surface area (Å²) in [4.78, 5) is 14.0. The number of benzene rings is 1. The molecule has 0 fully saturated rings. The maximum atomic E-state index is 11.9. The van der Waals surface area contributed by atoms with Crippen LogP contribution >= 0.6 is 0 Å². The zero-order chi connectivity index (χ0) is 11.3. The zero-order valence-corrected chi connectivity index (χ0v) is 9.79. The summed E-state index contributed by atoms with van der Waals surface area (Å²) in [5.74, 6) is 0.212. The van der Waals surface area contributed by atoms with Crippen molar-refractivity contribution in [2.75, 3.05) is 20.1 Å². The summed E-state index contributed by atoms with van der Waals surface area (Å²) < 4.78 is 0. The summed E-state index contributed by atoms with van der Waals surface area (Å²) in [5.41, 5.74) is 1.91. The molecule has 0 heterocycles. The monoisotopic (exact) mass is 205 g/mol. The SMILES string of the molecule is CCCN(C)CC(=O)c1ccccc1C. The van der Waals surface area contributed by atoms with Gasteiger partial charge >= 0.3 is 0 Å². The number of hydrogen-bond donors (Lipinski definition) is 0. The van der Waals surface area contributed by atoms with Gasteiger partial charge < -0.3 is 0 Å². The fraction of sp³-hybridized carbons (Fsp3) is 0.462. The number of ketones is 1. The summed E-state index contributed by atoms with van der Waals surface area (Å²) in [7, 11) is 1.99. The van der Waals surface area contributed by atoms with E-state index in [1.54, 1.807) is 0 Å². The van der Waals surface area contributed by atoms with E-state index < -0.39 is 0 Å². The molecule has 0 aromatic heterocycles. The van der Waals surface area contributed by atoms with E-state index in [9.17, 15) is 4.79 Å². The van der Waals surface area contributed by atoms with Gasteiger partial charge in [0.05, 0.1) is 6.54 Å². The lowest BCUT2D eigenvalue weighted by Crippen LogP contribution is -2.27. The summed E-state index contributed by atoms with van der Waals surface area (Å²) in [6.07, 6.45) is 1.08. The van der Waals surface area contributed by atoms with Gasteiger partial charge in [0, 0.05) is 5.56 Å². The lowest BCUT2D eigenvalue weighted by Gasteiger charge is -2.14. The quantitative estimate of drug-likeness (QED) is 0.688. The first-order valence-corrected chi connectivity index (χ1v) is 5.42. The molecular formula is C13H19NO. The van der Waals surface area contributed by atoms with Gasteiger partial charge in [-0.25, -0.2) is 0 Å². The third kappa shape index (κ3) is 3.48. The molecule has 0 unspecified atom stereocenters. The highest BCUT2D eigenvalue weighted by Crippen LogP contribution is 2.08. The van der Waals surface area contributed by atoms with Gasteiger partial charge in [0.2, 0.25) is 0 Å². The lowest BCUT2D eigenvalue weighted by molar-refractivity contribution is 0.0946. The average Bonchev–Trinajstić information content (AvgIpc) is 2.18. The Morgan fingerprint density at radius 3 is 2.60 bits per heavy atom. The van der Waals surface area contributed by atoms with Gasteiger partial charge in [-0.15, -0.1) is 0 Å². The van der Waals surface area contributed by atoms with Crippen LogP contribution in [0.15, 0.2) is 24.3 Å². The standard InChI is InChI=1S/C13H19NO/c1-4-9-14(3)10-13(15)12-8-6-5-7-11(12)2/h5-8H,4,9-10H2,1-3H3. The predicted octanol–water partition coefficient (Wildman–Crippen LogP) is 2.52. The summed E-state index contributed by atoms with van der Waals surface area (Å²) in [6.45, 7) is 5.58. The normalized spacial score (nSPS) is 10.7. The van der Waals surface area contributed by atoms with Crippen LogP contribution in [0.25, 0.3) is 0 Å². The fourth-order valence-corrected chi connectivity index (χ4v) is 1.68. The number of hydrogen-bond acceptors (Lipinski definition) is 2. The maximum Gasteiger partial charge on any atom is 0.177 e. The van der Waals surface area contributed by atoms with Crippen molar-refractivity contribution in [3.8, 4) is 0 Å². The summed E-state index contributed by atoms with van der Waals surface area (Å²) >= 11 is 0. The molecule has 2 nitrogen and oxygen atoms in total. The molecule has 15 heavy (non-hydrogen) atoms. The van der Waals surface area contributed by atoms with E-state index in [1.165, 1.54) is 0 Å². The van der Waals surface area contributed by atoms with E-state index in [1.807, 2.05) is 38.2 Å². The van der Waals surface area contributed by atoms with Gasteiger partial charge in [-0.2, -0.15) is 0 Å².